The van der Waals surface area contributed by atoms with Gasteiger partial charge in [0.25, 0.3) is 0 Å². The first-order valence-corrected chi connectivity index (χ1v) is 10.3. The van der Waals surface area contributed by atoms with E-state index in [1.165, 1.54) is 5.56 Å². The van der Waals surface area contributed by atoms with Crippen LogP contribution in [-0.2, 0) is 0 Å². The molecule has 2 aromatic heterocycles. The Hall–Kier alpha value is -3.84. The van der Waals surface area contributed by atoms with Crippen molar-refractivity contribution in [2.24, 2.45) is 10.1 Å². The normalized spacial score (nSPS) is 12.2. The predicted molar refractivity (Wildman–Crippen MR) is 124 cm³/mol. The Morgan fingerprint density at radius 1 is 0.933 bits per heavy atom. The van der Waals surface area contributed by atoms with E-state index < -0.39 is 0 Å². The fourth-order valence-corrected chi connectivity index (χ4v) is 3.88. The lowest BCUT2D eigenvalue weighted by atomic mass is 10.2. The van der Waals surface area contributed by atoms with Crippen LogP contribution in [0.2, 0.25) is 0 Å². The molecule has 5 rings (SSSR count). The van der Waals surface area contributed by atoms with E-state index in [0.717, 1.165) is 31.9 Å². The lowest BCUT2D eigenvalue weighted by Crippen LogP contribution is -2.20. The Balaban J connectivity index is 1.47. The number of nitrogens with one attached hydrogen (secondary N) is 2. The van der Waals surface area contributed by atoms with Crippen molar-refractivity contribution >= 4 is 50.3 Å². The SMILES string of the molecule is Cc1ccc(N=C(N/N=C\c2nc3ccccc3s2)c2nc3ccccc3[nH]2)cc1. The summed E-state index contributed by atoms with van der Waals surface area (Å²) in [4.78, 5) is 17.3. The third kappa shape index (κ3) is 3.83. The van der Waals surface area contributed by atoms with Crippen molar-refractivity contribution in [2.45, 2.75) is 6.92 Å². The number of amidine groups is 1. The number of benzene rings is 3. The average molecular weight is 411 g/mol. The number of aromatic amines is 1. The van der Waals surface area contributed by atoms with Crippen LogP contribution in [0.3, 0.4) is 0 Å². The quantitative estimate of drug-likeness (QED) is 0.243. The van der Waals surface area contributed by atoms with Crippen molar-refractivity contribution in [1.82, 2.24) is 20.4 Å². The molecular formula is C23H18N6S. The lowest BCUT2D eigenvalue weighted by Gasteiger charge is -2.03. The van der Waals surface area contributed by atoms with Crippen molar-refractivity contribution in [3.63, 3.8) is 0 Å². The van der Waals surface area contributed by atoms with Crippen LogP contribution in [0.5, 0.6) is 0 Å². The van der Waals surface area contributed by atoms with E-state index in [2.05, 4.69) is 31.5 Å². The van der Waals surface area contributed by atoms with Gasteiger partial charge in [-0.05, 0) is 43.3 Å². The van der Waals surface area contributed by atoms with Gasteiger partial charge in [0.05, 0.1) is 33.2 Å². The maximum atomic E-state index is 4.72. The molecule has 2 N–H and O–H groups in total. The third-order valence-corrected chi connectivity index (χ3v) is 5.52. The summed E-state index contributed by atoms with van der Waals surface area (Å²) >= 11 is 1.59. The highest BCUT2D eigenvalue weighted by atomic mass is 32.1. The summed E-state index contributed by atoms with van der Waals surface area (Å²) in [6.45, 7) is 2.05. The number of aryl methyl sites for hydroxylation is 1. The Labute approximate surface area is 177 Å². The fraction of sp³-hybridized carbons (Fsp3) is 0.0435. The van der Waals surface area contributed by atoms with Crippen LogP contribution in [0.25, 0.3) is 21.3 Å². The molecule has 0 saturated heterocycles. The number of aliphatic imine (C=N–C) groups is 1. The van der Waals surface area contributed by atoms with Crippen molar-refractivity contribution in [3.05, 3.63) is 89.2 Å². The summed E-state index contributed by atoms with van der Waals surface area (Å²) in [6.07, 6.45) is 1.71. The summed E-state index contributed by atoms with van der Waals surface area (Å²) in [6, 6.07) is 23.9. The van der Waals surface area contributed by atoms with Crippen LogP contribution in [0, 0.1) is 6.92 Å². The smallest absolute Gasteiger partial charge is 0.190 e. The van der Waals surface area contributed by atoms with E-state index in [1.54, 1.807) is 17.6 Å². The second kappa shape index (κ2) is 7.88. The number of imidazole rings is 1. The van der Waals surface area contributed by atoms with Gasteiger partial charge in [-0.2, -0.15) is 5.10 Å². The van der Waals surface area contributed by atoms with Crippen molar-refractivity contribution in [3.8, 4) is 0 Å². The minimum Gasteiger partial charge on any atom is -0.335 e. The average Bonchev–Trinajstić information content (AvgIpc) is 3.38. The molecule has 0 aliphatic heterocycles. The zero-order valence-electron chi connectivity index (χ0n) is 16.2. The van der Waals surface area contributed by atoms with Gasteiger partial charge in [-0.25, -0.2) is 15.0 Å². The number of H-pyrrole nitrogens is 1. The number of fused-ring (bicyclic) bond motifs is 2. The van der Waals surface area contributed by atoms with Gasteiger partial charge in [0, 0.05) is 0 Å². The van der Waals surface area contributed by atoms with Gasteiger partial charge in [-0.3, -0.25) is 5.43 Å². The number of nitrogens with zero attached hydrogens (tertiary/aromatic N) is 4. The standard InChI is InChI=1S/C23H18N6S/c1-15-10-12-16(13-11-15)25-23(22-27-17-6-2-3-7-18(17)28-22)29-24-14-21-26-19-8-4-5-9-20(19)30-21/h2-14H,1H3,(H,25,29)(H,27,28)/b24-14-. The highest BCUT2D eigenvalue weighted by Crippen LogP contribution is 2.20. The molecule has 0 spiro atoms. The molecule has 146 valence electrons. The highest BCUT2D eigenvalue weighted by Gasteiger charge is 2.10. The number of hydrogen-bond donors (Lipinski definition) is 2. The topological polar surface area (TPSA) is 78.3 Å². The summed E-state index contributed by atoms with van der Waals surface area (Å²) < 4.78 is 1.13. The summed E-state index contributed by atoms with van der Waals surface area (Å²) in [5.41, 5.74) is 7.83. The van der Waals surface area contributed by atoms with Gasteiger partial charge >= 0.3 is 0 Å². The van der Waals surface area contributed by atoms with Crippen molar-refractivity contribution in [2.75, 3.05) is 0 Å². The lowest BCUT2D eigenvalue weighted by molar-refractivity contribution is 1.01. The molecule has 0 saturated carbocycles. The second-order valence-corrected chi connectivity index (χ2v) is 7.85. The maximum Gasteiger partial charge on any atom is 0.190 e. The van der Waals surface area contributed by atoms with Gasteiger partial charge in [0.2, 0.25) is 0 Å². The minimum absolute atomic E-state index is 0.535. The molecule has 0 atom stereocenters. The number of para-hydroxylation sites is 3. The second-order valence-electron chi connectivity index (χ2n) is 6.79. The molecule has 0 radical (unpaired) electrons. The van der Waals surface area contributed by atoms with E-state index in [-0.39, 0.29) is 0 Å². The molecule has 3 aromatic carbocycles. The van der Waals surface area contributed by atoms with Gasteiger partial charge in [0.1, 0.15) is 5.01 Å². The van der Waals surface area contributed by atoms with Crippen LogP contribution in [0.15, 0.2) is 82.9 Å². The number of thiazole rings is 1. The third-order valence-electron chi connectivity index (χ3n) is 4.54. The van der Waals surface area contributed by atoms with Crippen LogP contribution < -0.4 is 5.43 Å². The Kier molecular flexibility index (Phi) is 4.78. The first-order valence-electron chi connectivity index (χ1n) is 9.50. The summed E-state index contributed by atoms with van der Waals surface area (Å²) in [5, 5.41) is 5.20. The van der Waals surface area contributed by atoms with Crippen molar-refractivity contribution in [1.29, 1.82) is 0 Å². The zero-order chi connectivity index (χ0) is 20.3. The maximum absolute atomic E-state index is 4.72. The molecule has 0 aliphatic carbocycles. The number of hydrogen-bond acceptors (Lipinski definition) is 5. The molecule has 0 fully saturated rings. The molecule has 0 amide bonds. The zero-order valence-corrected chi connectivity index (χ0v) is 17.0. The van der Waals surface area contributed by atoms with Crippen LogP contribution in [-0.4, -0.2) is 27.0 Å². The largest absolute Gasteiger partial charge is 0.335 e. The van der Waals surface area contributed by atoms with Gasteiger partial charge in [-0.1, -0.05) is 42.0 Å². The molecule has 30 heavy (non-hydrogen) atoms. The minimum atomic E-state index is 0.535. The Morgan fingerprint density at radius 2 is 1.70 bits per heavy atom. The molecule has 0 aliphatic rings. The first-order chi connectivity index (χ1) is 14.7. The Morgan fingerprint density at radius 3 is 2.50 bits per heavy atom. The molecule has 2 heterocycles. The molecule has 7 heteroatoms. The molecule has 0 bridgehead atoms. The van der Waals surface area contributed by atoms with Gasteiger partial charge < -0.3 is 4.98 Å². The van der Waals surface area contributed by atoms with Crippen LogP contribution in [0.4, 0.5) is 5.69 Å². The highest BCUT2D eigenvalue weighted by molar-refractivity contribution is 7.20. The van der Waals surface area contributed by atoms with E-state index in [4.69, 9.17) is 4.99 Å². The van der Waals surface area contributed by atoms with Gasteiger partial charge in [-0.15, -0.1) is 11.3 Å². The Bertz CT molecular complexity index is 1310. The molecule has 5 aromatic rings. The van der Waals surface area contributed by atoms with Crippen LogP contribution in [0.1, 0.15) is 16.4 Å². The number of rotatable bonds is 4. The molecule has 0 unspecified atom stereocenters. The molecular weight excluding hydrogens is 392 g/mol. The summed E-state index contributed by atoms with van der Waals surface area (Å²) in [5.74, 6) is 1.16. The fourth-order valence-electron chi connectivity index (χ4n) is 3.04. The predicted octanol–water partition coefficient (Wildman–Crippen LogP) is 5.18. The monoisotopic (exact) mass is 410 g/mol. The van der Waals surface area contributed by atoms with Gasteiger partial charge in [0.15, 0.2) is 11.7 Å². The number of aromatic nitrogens is 3. The van der Waals surface area contributed by atoms with Crippen molar-refractivity contribution < 1.29 is 0 Å². The first kappa shape index (κ1) is 18.2. The molecule has 6 nitrogen and oxygen atoms in total. The van der Waals surface area contributed by atoms with E-state index in [0.29, 0.717) is 11.7 Å². The van der Waals surface area contributed by atoms with E-state index in [1.807, 2.05) is 73.7 Å². The number of hydrazone groups is 1. The van der Waals surface area contributed by atoms with Crippen LogP contribution >= 0.6 is 11.3 Å². The van der Waals surface area contributed by atoms with E-state index >= 15 is 0 Å². The summed E-state index contributed by atoms with van der Waals surface area (Å²) in [7, 11) is 0. The van der Waals surface area contributed by atoms with E-state index in [9.17, 15) is 0 Å².